The van der Waals surface area contributed by atoms with E-state index in [1.54, 1.807) is 20.8 Å². The molecule has 0 aromatic heterocycles. The maximum atomic E-state index is 13.5. The van der Waals surface area contributed by atoms with Gasteiger partial charge in [0.25, 0.3) is 0 Å². The summed E-state index contributed by atoms with van der Waals surface area (Å²) in [7, 11) is 0. The molecular formula is C19H22F6O2. The van der Waals surface area contributed by atoms with Gasteiger partial charge in [0.15, 0.2) is 0 Å². The molecule has 0 heterocycles. The Bertz CT molecular complexity index is 698. The molecule has 4 aliphatic carbocycles. The van der Waals surface area contributed by atoms with E-state index in [-0.39, 0.29) is 24.2 Å². The van der Waals surface area contributed by atoms with Crippen LogP contribution in [0, 0.1) is 40.9 Å². The summed E-state index contributed by atoms with van der Waals surface area (Å²) in [5.41, 5.74) is -3.43. The average molecular weight is 396 g/mol. The van der Waals surface area contributed by atoms with Gasteiger partial charge in [-0.05, 0) is 75.5 Å². The second kappa shape index (κ2) is 5.44. The standard InChI is InChI=1S/C19H22F6O2/c1-17(2,3)16(26)27-11-5-7-4-8(11)13-10-6-9(12(7)13)14(18(20,21)22)15(10)19(23,24)25/h7-13H,4-6H2,1-3H3. The zero-order chi connectivity index (χ0) is 20.1. The Kier molecular flexibility index (Phi) is 3.85. The Balaban J connectivity index is 1.65. The molecule has 27 heavy (non-hydrogen) atoms. The summed E-state index contributed by atoms with van der Waals surface area (Å²) in [6.45, 7) is 5.09. The summed E-state index contributed by atoms with van der Waals surface area (Å²) in [4.78, 5) is 12.2. The van der Waals surface area contributed by atoms with Gasteiger partial charge in [-0.1, -0.05) is 0 Å². The van der Waals surface area contributed by atoms with E-state index in [1.807, 2.05) is 0 Å². The SMILES string of the molecule is CC(C)(C)C(=O)OC1CC2CC1C1C3CC(C(C(F)(F)F)=C3C(F)(F)F)C21. The zero-order valence-corrected chi connectivity index (χ0v) is 15.2. The van der Waals surface area contributed by atoms with Gasteiger partial charge >= 0.3 is 18.3 Å². The molecule has 4 rings (SSSR count). The molecule has 3 fully saturated rings. The lowest BCUT2D eigenvalue weighted by atomic mass is 9.67. The molecule has 0 radical (unpaired) electrons. The second-order valence-electron chi connectivity index (χ2n) is 9.52. The third kappa shape index (κ3) is 2.72. The highest BCUT2D eigenvalue weighted by Gasteiger charge is 2.71. The molecule has 8 heteroatoms. The summed E-state index contributed by atoms with van der Waals surface area (Å²) < 4.78 is 86.5. The monoisotopic (exact) mass is 396 g/mol. The maximum absolute atomic E-state index is 13.5. The van der Waals surface area contributed by atoms with Crippen LogP contribution < -0.4 is 0 Å². The quantitative estimate of drug-likeness (QED) is 0.261. The lowest BCUT2D eigenvalue weighted by Gasteiger charge is -2.41. The van der Waals surface area contributed by atoms with Crippen molar-refractivity contribution >= 4 is 5.97 Å². The molecule has 4 aliphatic rings. The highest BCUT2D eigenvalue weighted by Crippen LogP contribution is 2.72. The fraction of sp³-hybridized carbons (Fsp3) is 0.842. The highest BCUT2D eigenvalue weighted by molar-refractivity contribution is 5.75. The van der Waals surface area contributed by atoms with Crippen LogP contribution in [0.4, 0.5) is 26.3 Å². The van der Waals surface area contributed by atoms with E-state index < -0.39 is 58.7 Å². The number of halogens is 6. The molecule has 7 atom stereocenters. The van der Waals surface area contributed by atoms with Gasteiger partial charge in [-0.15, -0.1) is 0 Å². The topological polar surface area (TPSA) is 26.3 Å². The van der Waals surface area contributed by atoms with E-state index in [0.717, 1.165) is 0 Å². The number of allylic oxidation sites excluding steroid dienone is 2. The van der Waals surface area contributed by atoms with Gasteiger partial charge < -0.3 is 4.74 Å². The van der Waals surface area contributed by atoms with Gasteiger partial charge in [0.05, 0.1) is 5.41 Å². The lowest BCUT2D eigenvalue weighted by molar-refractivity contribution is -0.164. The summed E-state index contributed by atoms with van der Waals surface area (Å²) in [6.07, 6.45) is -9.47. The van der Waals surface area contributed by atoms with Crippen molar-refractivity contribution in [3.8, 4) is 0 Å². The van der Waals surface area contributed by atoms with Gasteiger partial charge in [0, 0.05) is 11.1 Å². The third-order valence-electron chi connectivity index (χ3n) is 7.02. The molecule has 0 amide bonds. The van der Waals surface area contributed by atoms with Crippen molar-refractivity contribution in [2.24, 2.45) is 40.9 Å². The zero-order valence-electron chi connectivity index (χ0n) is 15.2. The minimum atomic E-state index is -4.98. The van der Waals surface area contributed by atoms with Crippen LogP contribution in [-0.2, 0) is 9.53 Å². The first-order chi connectivity index (χ1) is 12.2. The Morgan fingerprint density at radius 3 is 1.85 bits per heavy atom. The molecule has 0 aromatic rings. The van der Waals surface area contributed by atoms with Crippen LogP contribution in [0.25, 0.3) is 0 Å². The number of alkyl halides is 6. The van der Waals surface area contributed by atoms with Crippen LogP contribution in [0.1, 0.15) is 40.0 Å². The number of carbonyl (C=O) groups is 1. The van der Waals surface area contributed by atoms with Crippen LogP contribution in [0.15, 0.2) is 11.1 Å². The predicted octanol–water partition coefficient (Wildman–Crippen LogP) is 5.29. The molecule has 0 spiro atoms. The average Bonchev–Trinajstić information content (AvgIpc) is 3.20. The molecular weight excluding hydrogens is 374 g/mol. The molecule has 0 saturated heterocycles. The molecule has 3 saturated carbocycles. The Hall–Kier alpha value is -1.21. The van der Waals surface area contributed by atoms with Crippen molar-refractivity contribution in [1.82, 2.24) is 0 Å². The van der Waals surface area contributed by atoms with Crippen molar-refractivity contribution in [2.45, 2.75) is 58.5 Å². The fourth-order valence-corrected chi connectivity index (χ4v) is 6.34. The van der Waals surface area contributed by atoms with Crippen molar-refractivity contribution < 1.29 is 35.9 Å². The molecule has 0 N–H and O–H groups in total. The van der Waals surface area contributed by atoms with Crippen LogP contribution in [-0.4, -0.2) is 24.4 Å². The summed E-state index contributed by atoms with van der Waals surface area (Å²) in [6, 6.07) is 0. The maximum Gasteiger partial charge on any atom is 0.413 e. The number of hydrogen-bond acceptors (Lipinski definition) is 2. The van der Waals surface area contributed by atoms with Crippen LogP contribution in [0.2, 0.25) is 0 Å². The van der Waals surface area contributed by atoms with Crippen LogP contribution in [0.5, 0.6) is 0 Å². The van der Waals surface area contributed by atoms with E-state index in [0.29, 0.717) is 12.8 Å². The van der Waals surface area contributed by atoms with Gasteiger partial charge in [-0.25, -0.2) is 0 Å². The number of rotatable bonds is 1. The molecule has 7 unspecified atom stereocenters. The van der Waals surface area contributed by atoms with Gasteiger partial charge in [-0.2, -0.15) is 26.3 Å². The molecule has 2 nitrogen and oxygen atoms in total. The molecule has 0 aromatic carbocycles. The predicted molar refractivity (Wildman–Crippen MR) is 83.3 cm³/mol. The largest absolute Gasteiger partial charge is 0.462 e. The fourth-order valence-electron chi connectivity index (χ4n) is 6.34. The first-order valence-electron chi connectivity index (χ1n) is 9.30. The van der Waals surface area contributed by atoms with E-state index in [2.05, 4.69) is 0 Å². The summed E-state index contributed by atoms with van der Waals surface area (Å²) in [5.74, 6) is -3.80. The number of esters is 1. The first kappa shape index (κ1) is 19.1. The highest BCUT2D eigenvalue weighted by atomic mass is 19.4. The Labute approximate surface area is 153 Å². The van der Waals surface area contributed by atoms with Crippen molar-refractivity contribution in [2.75, 3.05) is 0 Å². The number of ether oxygens (including phenoxy) is 1. The van der Waals surface area contributed by atoms with Crippen molar-refractivity contribution in [3.05, 3.63) is 11.1 Å². The smallest absolute Gasteiger partial charge is 0.413 e. The lowest BCUT2D eigenvalue weighted by Crippen LogP contribution is -2.42. The van der Waals surface area contributed by atoms with Crippen LogP contribution in [0.3, 0.4) is 0 Å². The number of hydrogen-bond donors (Lipinski definition) is 0. The second-order valence-corrected chi connectivity index (χ2v) is 9.52. The van der Waals surface area contributed by atoms with E-state index in [1.165, 1.54) is 0 Å². The van der Waals surface area contributed by atoms with Gasteiger partial charge in [0.2, 0.25) is 0 Å². The molecule has 152 valence electrons. The van der Waals surface area contributed by atoms with Crippen LogP contribution >= 0.6 is 0 Å². The minimum absolute atomic E-state index is 0.0774. The van der Waals surface area contributed by atoms with Crippen molar-refractivity contribution in [1.29, 1.82) is 0 Å². The third-order valence-corrected chi connectivity index (χ3v) is 7.02. The molecule has 0 aliphatic heterocycles. The number of fused-ring (bicyclic) bond motifs is 9. The Morgan fingerprint density at radius 2 is 1.37 bits per heavy atom. The number of carbonyl (C=O) groups excluding carboxylic acids is 1. The first-order valence-corrected chi connectivity index (χ1v) is 9.30. The van der Waals surface area contributed by atoms with E-state index in [4.69, 9.17) is 4.74 Å². The van der Waals surface area contributed by atoms with Gasteiger partial charge in [-0.3, -0.25) is 4.79 Å². The van der Waals surface area contributed by atoms with Crippen molar-refractivity contribution in [3.63, 3.8) is 0 Å². The minimum Gasteiger partial charge on any atom is -0.462 e. The Morgan fingerprint density at radius 1 is 0.852 bits per heavy atom. The van der Waals surface area contributed by atoms with E-state index in [9.17, 15) is 31.1 Å². The molecule has 4 bridgehead atoms. The summed E-state index contributed by atoms with van der Waals surface area (Å²) in [5, 5.41) is 0. The van der Waals surface area contributed by atoms with Gasteiger partial charge in [0.1, 0.15) is 6.10 Å². The van der Waals surface area contributed by atoms with E-state index >= 15 is 0 Å². The normalized spacial score (nSPS) is 40.7. The summed E-state index contributed by atoms with van der Waals surface area (Å²) >= 11 is 0.